The summed E-state index contributed by atoms with van der Waals surface area (Å²) in [5.41, 5.74) is 0.979. The highest BCUT2D eigenvalue weighted by atomic mass is 127. The predicted octanol–water partition coefficient (Wildman–Crippen LogP) is 2.86. The first kappa shape index (κ1) is 9.29. The number of rotatable bonds is 1. The molecular weight excluding hydrogens is 321 g/mol. The maximum atomic E-state index is 5.68. The summed E-state index contributed by atoms with van der Waals surface area (Å²) >= 11 is 9.20. The Labute approximate surface area is 97.3 Å². The maximum absolute atomic E-state index is 5.68. The minimum atomic E-state index is 0.453. The van der Waals surface area contributed by atoms with Gasteiger partial charge in [0.2, 0.25) is 4.47 Å². The summed E-state index contributed by atoms with van der Waals surface area (Å²) in [5, 5.41) is 8.48. The van der Waals surface area contributed by atoms with Crippen molar-refractivity contribution in [1.82, 2.24) is 15.2 Å². The van der Waals surface area contributed by atoms with Crippen LogP contribution in [0.2, 0.25) is 4.47 Å². The molecular formula is C7H3ClIN3S. The van der Waals surface area contributed by atoms with Crippen molar-refractivity contribution in [2.24, 2.45) is 0 Å². The van der Waals surface area contributed by atoms with E-state index in [-0.39, 0.29) is 0 Å². The number of aromatic nitrogens is 3. The van der Waals surface area contributed by atoms with E-state index in [1.807, 2.05) is 12.1 Å². The molecule has 6 heteroatoms. The lowest BCUT2D eigenvalue weighted by Gasteiger charge is -1.95. The van der Waals surface area contributed by atoms with Crippen molar-refractivity contribution in [1.29, 1.82) is 0 Å². The smallest absolute Gasteiger partial charge is 0.207 e. The lowest BCUT2D eigenvalue weighted by atomic mass is 10.3. The maximum Gasteiger partial charge on any atom is 0.207 e. The SMILES string of the molecule is Clc1nnc(-c2cccnc2I)s1. The van der Waals surface area contributed by atoms with Crippen molar-refractivity contribution in [2.45, 2.75) is 0 Å². The first-order valence-electron chi connectivity index (χ1n) is 3.37. The molecule has 0 aromatic carbocycles. The van der Waals surface area contributed by atoms with E-state index in [2.05, 4.69) is 37.8 Å². The molecule has 2 aromatic rings. The Morgan fingerprint density at radius 2 is 2.23 bits per heavy atom. The quantitative estimate of drug-likeness (QED) is 0.598. The van der Waals surface area contributed by atoms with E-state index >= 15 is 0 Å². The molecule has 0 aliphatic carbocycles. The standard InChI is InChI=1S/C7H3ClIN3S/c8-7-12-11-6(13-7)4-2-1-3-10-5(4)9/h1-3H. The number of hydrogen-bond acceptors (Lipinski definition) is 4. The first-order valence-corrected chi connectivity index (χ1v) is 5.64. The lowest BCUT2D eigenvalue weighted by Crippen LogP contribution is -1.84. The molecule has 3 nitrogen and oxygen atoms in total. The third kappa shape index (κ3) is 1.97. The largest absolute Gasteiger partial charge is 0.250 e. The molecule has 13 heavy (non-hydrogen) atoms. The van der Waals surface area contributed by atoms with Crippen LogP contribution < -0.4 is 0 Å². The topological polar surface area (TPSA) is 38.7 Å². The molecule has 0 spiro atoms. The fourth-order valence-electron chi connectivity index (χ4n) is 0.860. The van der Waals surface area contributed by atoms with E-state index in [0.29, 0.717) is 4.47 Å². The van der Waals surface area contributed by atoms with Gasteiger partial charge in [0.25, 0.3) is 0 Å². The molecule has 0 aliphatic heterocycles. The van der Waals surface area contributed by atoms with E-state index in [4.69, 9.17) is 11.6 Å². The average Bonchev–Trinajstić information content (AvgIpc) is 2.53. The zero-order chi connectivity index (χ0) is 9.26. The molecule has 0 aliphatic rings. The molecule has 0 fully saturated rings. The van der Waals surface area contributed by atoms with Gasteiger partial charge in [-0.1, -0.05) is 11.3 Å². The number of halogens is 2. The third-order valence-electron chi connectivity index (χ3n) is 1.39. The van der Waals surface area contributed by atoms with E-state index in [1.54, 1.807) is 6.20 Å². The Balaban J connectivity index is 2.52. The fraction of sp³-hybridized carbons (Fsp3) is 0. The summed E-state index contributed by atoms with van der Waals surface area (Å²) in [6.07, 6.45) is 1.74. The van der Waals surface area contributed by atoms with Crippen LogP contribution >= 0.6 is 45.5 Å². The van der Waals surface area contributed by atoms with Crippen molar-refractivity contribution >= 4 is 45.5 Å². The zero-order valence-electron chi connectivity index (χ0n) is 6.24. The van der Waals surface area contributed by atoms with Gasteiger partial charge in [0, 0.05) is 11.8 Å². The van der Waals surface area contributed by atoms with Crippen LogP contribution in [0.5, 0.6) is 0 Å². The Morgan fingerprint density at radius 3 is 2.85 bits per heavy atom. The van der Waals surface area contributed by atoms with Crippen molar-refractivity contribution in [3.05, 3.63) is 26.5 Å². The van der Waals surface area contributed by atoms with Crippen LogP contribution in [0.3, 0.4) is 0 Å². The van der Waals surface area contributed by atoms with Gasteiger partial charge in [-0.15, -0.1) is 10.2 Å². The summed E-state index contributed by atoms with van der Waals surface area (Å²) in [5.74, 6) is 0. The van der Waals surface area contributed by atoms with Gasteiger partial charge in [0.05, 0.1) is 0 Å². The Bertz CT molecular complexity index is 431. The molecule has 0 bridgehead atoms. The molecule has 2 rings (SSSR count). The highest BCUT2D eigenvalue weighted by Crippen LogP contribution is 2.28. The monoisotopic (exact) mass is 323 g/mol. The number of pyridine rings is 1. The molecule has 0 N–H and O–H groups in total. The Hall–Kier alpha value is -0.270. The van der Waals surface area contributed by atoms with E-state index < -0.39 is 0 Å². The number of hydrogen-bond donors (Lipinski definition) is 0. The minimum absolute atomic E-state index is 0.453. The average molecular weight is 324 g/mol. The van der Waals surface area contributed by atoms with Gasteiger partial charge >= 0.3 is 0 Å². The van der Waals surface area contributed by atoms with Gasteiger partial charge in [-0.05, 0) is 46.3 Å². The van der Waals surface area contributed by atoms with Gasteiger partial charge in [0.1, 0.15) is 3.70 Å². The van der Waals surface area contributed by atoms with Crippen LogP contribution in [-0.2, 0) is 0 Å². The van der Waals surface area contributed by atoms with E-state index in [0.717, 1.165) is 14.3 Å². The van der Waals surface area contributed by atoms with Crippen LogP contribution in [-0.4, -0.2) is 15.2 Å². The Kier molecular flexibility index (Phi) is 2.75. The van der Waals surface area contributed by atoms with Gasteiger partial charge in [-0.25, -0.2) is 4.98 Å². The van der Waals surface area contributed by atoms with Crippen molar-refractivity contribution in [3.8, 4) is 10.6 Å². The summed E-state index contributed by atoms with van der Waals surface area (Å²) in [6.45, 7) is 0. The van der Waals surface area contributed by atoms with E-state index in [9.17, 15) is 0 Å². The second-order valence-electron chi connectivity index (χ2n) is 2.20. The third-order valence-corrected chi connectivity index (χ3v) is 3.30. The second-order valence-corrected chi connectivity index (χ2v) is 4.78. The number of nitrogens with zero attached hydrogens (tertiary/aromatic N) is 3. The molecule has 0 saturated heterocycles. The van der Waals surface area contributed by atoms with Crippen LogP contribution in [0.15, 0.2) is 18.3 Å². The highest BCUT2D eigenvalue weighted by Gasteiger charge is 2.08. The molecule has 0 atom stereocenters. The van der Waals surface area contributed by atoms with Crippen LogP contribution in [0, 0.1) is 3.70 Å². The molecule has 0 amide bonds. The fourth-order valence-corrected chi connectivity index (χ4v) is 2.49. The van der Waals surface area contributed by atoms with Crippen LogP contribution in [0.1, 0.15) is 0 Å². The van der Waals surface area contributed by atoms with Crippen LogP contribution in [0.4, 0.5) is 0 Å². The van der Waals surface area contributed by atoms with Crippen molar-refractivity contribution in [2.75, 3.05) is 0 Å². The van der Waals surface area contributed by atoms with E-state index in [1.165, 1.54) is 11.3 Å². The lowest BCUT2D eigenvalue weighted by molar-refractivity contribution is 1.09. The first-order chi connectivity index (χ1) is 6.27. The minimum Gasteiger partial charge on any atom is -0.250 e. The van der Waals surface area contributed by atoms with Crippen molar-refractivity contribution < 1.29 is 0 Å². The molecule has 2 heterocycles. The van der Waals surface area contributed by atoms with Gasteiger partial charge in [-0.3, -0.25) is 0 Å². The summed E-state index contributed by atoms with van der Waals surface area (Å²) < 4.78 is 1.36. The molecule has 66 valence electrons. The van der Waals surface area contributed by atoms with Gasteiger partial charge < -0.3 is 0 Å². The summed E-state index contributed by atoms with van der Waals surface area (Å²) in [7, 11) is 0. The van der Waals surface area contributed by atoms with Gasteiger partial charge in [-0.2, -0.15) is 0 Å². The summed E-state index contributed by atoms with van der Waals surface area (Å²) in [6, 6.07) is 3.82. The molecule has 0 saturated carbocycles. The van der Waals surface area contributed by atoms with Gasteiger partial charge in [0.15, 0.2) is 5.01 Å². The van der Waals surface area contributed by atoms with Crippen LogP contribution in [0.25, 0.3) is 10.6 Å². The summed E-state index contributed by atoms with van der Waals surface area (Å²) in [4.78, 5) is 4.15. The molecule has 0 unspecified atom stereocenters. The molecule has 0 radical (unpaired) electrons. The second kappa shape index (κ2) is 3.85. The highest BCUT2D eigenvalue weighted by molar-refractivity contribution is 14.1. The van der Waals surface area contributed by atoms with Crippen molar-refractivity contribution in [3.63, 3.8) is 0 Å². The Morgan fingerprint density at radius 1 is 1.38 bits per heavy atom. The predicted molar refractivity (Wildman–Crippen MR) is 60.9 cm³/mol. The zero-order valence-corrected chi connectivity index (χ0v) is 9.97. The normalized spacial score (nSPS) is 10.3. The molecule has 2 aromatic heterocycles.